The van der Waals surface area contributed by atoms with Gasteiger partial charge in [-0.15, -0.1) is 0 Å². The molecule has 0 radical (unpaired) electrons. The summed E-state index contributed by atoms with van der Waals surface area (Å²) in [5.41, 5.74) is 10.8. The maximum absolute atomic E-state index is 6.24. The normalized spacial score (nSPS) is 31.9. The van der Waals surface area contributed by atoms with Crippen molar-refractivity contribution in [2.75, 3.05) is 6.61 Å². The van der Waals surface area contributed by atoms with Gasteiger partial charge in [0.15, 0.2) is 0 Å². The van der Waals surface area contributed by atoms with Crippen LogP contribution in [0.5, 0.6) is 5.75 Å². The molecule has 0 aromatic heterocycles. The number of ether oxygens (including phenoxy) is 1. The lowest BCUT2D eigenvalue weighted by Crippen LogP contribution is -2.06. The lowest BCUT2D eigenvalue weighted by molar-refractivity contribution is 0.356. The predicted molar refractivity (Wildman–Crippen MR) is 118 cm³/mol. The smallest absolute Gasteiger partial charge is 0.131 e. The third-order valence-corrected chi connectivity index (χ3v) is 8.00. The summed E-state index contributed by atoms with van der Waals surface area (Å²) in [5.74, 6) is 4.23. The highest BCUT2D eigenvalue weighted by molar-refractivity contribution is 6.06. The molecule has 1 heterocycles. The Balaban J connectivity index is 1.36. The molecule has 29 heavy (non-hydrogen) atoms. The number of hydrogen-bond acceptors (Lipinski definition) is 1. The Labute approximate surface area is 170 Å². The Kier molecular flexibility index (Phi) is 2.61. The van der Waals surface area contributed by atoms with Crippen LogP contribution in [0, 0.1) is 23.7 Å². The van der Waals surface area contributed by atoms with Crippen molar-refractivity contribution in [2.24, 2.45) is 23.7 Å². The van der Waals surface area contributed by atoms with Gasteiger partial charge in [-0.2, -0.15) is 0 Å². The molecule has 0 saturated heterocycles. The van der Waals surface area contributed by atoms with Crippen LogP contribution in [0.1, 0.15) is 29.5 Å². The molecular formula is C28H22O. The topological polar surface area (TPSA) is 9.23 Å². The number of benzene rings is 2. The second-order valence-electron chi connectivity index (χ2n) is 9.53. The van der Waals surface area contributed by atoms with E-state index in [2.05, 4.69) is 60.7 Å². The van der Waals surface area contributed by atoms with Crippen LogP contribution < -0.4 is 4.74 Å². The average Bonchev–Trinajstić information content (AvgIpc) is 3.69. The minimum Gasteiger partial charge on any atom is -0.489 e. The van der Waals surface area contributed by atoms with Crippen LogP contribution in [0.2, 0.25) is 0 Å². The van der Waals surface area contributed by atoms with Gasteiger partial charge < -0.3 is 4.74 Å². The first-order chi connectivity index (χ1) is 14.4. The van der Waals surface area contributed by atoms with Crippen LogP contribution in [0.15, 0.2) is 71.4 Å². The maximum atomic E-state index is 6.24. The number of hydrogen-bond donors (Lipinski definition) is 0. The Hall–Kier alpha value is -2.80. The third kappa shape index (κ3) is 1.87. The summed E-state index contributed by atoms with van der Waals surface area (Å²) in [6.07, 6.45) is 17.9. The molecule has 2 saturated carbocycles. The van der Waals surface area contributed by atoms with Crippen molar-refractivity contribution in [3.63, 3.8) is 0 Å². The lowest BCUT2D eigenvalue weighted by Gasteiger charge is -2.21. The first-order valence-electron chi connectivity index (χ1n) is 11.1. The first kappa shape index (κ1) is 15.1. The molecular weight excluding hydrogens is 352 g/mol. The summed E-state index contributed by atoms with van der Waals surface area (Å²) in [6, 6.07) is 8.96. The molecule has 140 valence electrons. The highest BCUT2D eigenvalue weighted by Gasteiger charge is 2.52. The summed E-state index contributed by atoms with van der Waals surface area (Å²) < 4.78 is 6.24. The second-order valence-corrected chi connectivity index (χ2v) is 9.53. The van der Waals surface area contributed by atoms with Crippen LogP contribution in [0.25, 0.3) is 22.4 Å². The molecule has 4 unspecified atom stereocenters. The van der Waals surface area contributed by atoms with Crippen LogP contribution in [0.4, 0.5) is 0 Å². The van der Waals surface area contributed by atoms with Crippen molar-refractivity contribution in [3.05, 3.63) is 88.1 Å². The van der Waals surface area contributed by atoms with E-state index in [4.69, 9.17) is 4.74 Å². The molecule has 2 aromatic carbocycles. The van der Waals surface area contributed by atoms with Gasteiger partial charge in [-0.1, -0.05) is 54.6 Å². The average molecular weight is 374 g/mol. The number of rotatable bonds is 1. The van der Waals surface area contributed by atoms with Gasteiger partial charge in [0.1, 0.15) is 12.4 Å². The molecule has 5 aliphatic carbocycles. The van der Waals surface area contributed by atoms with E-state index < -0.39 is 0 Å². The molecule has 0 bridgehead atoms. The minimum atomic E-state index is 0.692. The van der Waals surface area contributed by atoms with Crippen molar-refractivity contribution in [3.8, 4) is 5.75 Å². The van der Waals surface area contributed by atoms with E-state index in [1.165, 1.54) is 40.3 Å². The van der Waals surface area contributed by atoms with Crippen LogP contribution >= 0.6 is 0 Å². The van der Waals surface area contributed by atoms with Gasteiger partial charge in [0.2, 0.25) is 0 Å². The number of fused-ring (bicyclic) bond motifs is 10. The van der Waals surface area contributed by atoms with E-state index in [-0.39, 0.29) is 0 Å². The monoisotopic (exact) mass is 374 g/mol. The molecule has 2 aromatic rings. The fourth-order valence-corrected chi connectivity index (χ4v) is 6.57. The zero-order valence-electron chi connectivity index (χ0n) is 16.3. The molecule has 0 spiro atoms. The van der Waals surface area contributed by atoms with E-state index in [9.17, 15) is 0 Å². The molecule has 8 rings (SSSR count). The van der Waals surface area contributed by atoms with Crippen LogP contribution in [-0.2, 0) is 6.42 Å². The van der Waals surface area contributed by atoms with Gasteiger partial charge in [-0.05, 0) is 81.2 Å². The van der Waals surface area contributed by atoms with Crippen LogP contribution in [-0.4, -0.2) is 6.61 Å². The molecule has 0 amide bonds. The van der Waals surface area contributed by atoms with Gasteiger partial charge >= 0.3 is 0 Å². The van der Waals surface area contributed by atoms with Crippen molar-refractivity contribution in [1.29, 1.82) is 0 Å². The Bertz CT molecular complexity index is 1300. The Morgan fingerprint density at radius 2 is 1.86 bits per heavy atom. The van der Waals surface area contributed by atoms with Gasteiger partial charge in [0.05, 0.1) is 0 Å². The van der Waals surface area contributed by atoms with Crippen molar-refractivity contribution < 1.29 is 4.74 Å². The third-order valence-electron chi connectivity index (χ3n) is 8.00. The Morgan fingerprint density at radius 3 is 2.83 bits per heavy atom. The summed E-state index contributed by atoms with van der Waals surface area (Å²) in [6.45, 7) is 0.692. The lowest BCUT2D eigenvalue weighted by atomic mass is 9.84. The standard InChI is InChI=1S/C28H22O/c1-2-7-19-17(6-1)20-9-4-10-29-28(20)25-13-16-12-22(18-8-3-5-15-11-21(15)18)23-14-24(23)26(16)27(19)25/h1-9,12,15,21,23-24H,10-11,13-14H2. The van der Waals surface area contributed by atoms with Gasteiger partial charge in [0, 0.05) is 17.5 Å². The summed E-state index contributed by atoms with van der Waals surface area (Å²) >= 11 is 0. The molecule has 1 heteroatoms. The largest absolute Gasteiger partial charge is 0.489 e. The zero-order valence-corrected chi connectivity index (χ0v) is 16.3. The summed E-state index contributed by atoms with van der Waals surface area (Å²) in [5, 5.41) is 2.77. The SMILES string of the molecule is C1=CC2CC2C(C2=CC3=C(c4c(c5c(c6ccccc46)C=CCO5)C3)C3CC23)=C1. The first-order valence-corrected chi connectivity index (χ1v) is 11.1. The van der Waals surface area contributed by atoms with Gasteiger partial charge in [-0.3, -0.25) is 0 Å². The number of allylic oxidation sites excluding steroid dienone is 8. The predicted octanol–water partition coefficient (Wildman–Crippen LogP) is 6.26. The molecule has 1 nitrogen and oxygen atoms in total. The van der Waals surface area contributed by atoms with E-state index in [0.29, 0.717) is 6.61 Å². The molecule has 0 N–H and O–H groups in total. The Morgan fingerprint density at radius 1 is 0.931 bits per heavy atom. The van der Waals surface area contributed by atoms with Gasteiger partial charge in [-0.25, -0.2) is 0 Å². The second kappa shape index (κ2) is 5.02. The zero-order chi connectivity index (χ0) is 18.7. The minimum absolute atomic E-state index is 0.692. The fourth-order valence-electron chi connectivity index (χ4n) is 6.57. The molecule has 1 aliphatic heterocycles. The van der Waals surface area contributed by atoms with E-state index in [0.717, 1.165) is 35.8 Å². The highest BCUT2D eigenvalue weighted by atomic mass is 16.5. The van der Waals surface area contributed by atoms with E-state index in [1.54, 1.807) is 22.3 Å². The fraction of sp³-hybridized carbons (Fsp3) is 0.286. The molecule has 6 aliphatic rings. The highest BCUT2D eigenvalue weighted by Crippen LogP contribution is 2.64. The van der Waals surface area contributed by atoms with Crippen molar-refractivity contribution in [2.45, 2.75) is 19.3 Å². The molecule has 2 fully saturated rings. The van der Waals surface area contributed by atoms with Crippen LogP contribution in [0.3, 0.4) is 0 Å². The van der Waals surface area contributed by atoms with E-state index in [1.807, 2.05) is 0 Å². The van der Waals surface area contributed by atoms with Crippen molar-refractivity contribution >= 4 is 22.4 Å². The van der Waals surface area contributed by atoms with Crippen molar-refractivity contribution in [1.82, 2.24) is 0 Å². The summed E-state index contributed by atoms with van der Waals surface area (Å²) in [4.78, 5) is 0. The summed E-state index contributed by atoms with van der Waals surface area (Å²) in [7, 11) is 0. The quantitative estimate of drug-likeness (QED) is 0.572. The molecule has 4 atom stereocenters. The maximum Gasteiger partial charge on any atom is 0.131 e. The van der Waals surface area contributed by atoms with Gasteiger partial charge in [0.25, 0.3) is 0 Å². The van der Waals surface area contributed by atoms with E-state index >= 15 is 0 Å².